The molecule has 0 aliphatic heterocycles. The number of nitrogens with one attached hydrogen (secondary N) is 2. The highest BCUT2D eigenvalue weighted by Gasteiger charge is 2.71. The van der Waals surface area contributed by atoms with Crippen molar-refractivity contribution in [3.8, 4) is 0 Å². The normalized spacial score (nSPS) is 41.2. The zero-order valence-corrected chi connectivity index (χ0v) is 28.6. The van der Waals surface area contributed by atoms with Crippen LogP contribution in [0, 0.1) is 56.7 Å². The summed E-state index contributed by atoms with van der Waals surface area (Å²) in [5.41, 5.74) is 9.68. The van der Waals surface area contributed by atoms with Gasteiger partial charge in [-0.05, 0) is 139 Å². The molecule has 5 aliphatic rings. The number of ether oxygens (including phenoxy) is 1. The molecule has 0 radical (unpaired) electrons. The summed E-state index contributed by atoms with van der Waals surface area (Å²) in [6.45, 7) is 19.3. The van der Waals surface area contributed by atoms with Crippen LogP contribution in [-0.2, 0) is 14.3 Å². The molecule has 9 atom stereocenters. The first-order valence-electron chi connectivity index (χ1n) is 17.3. The number of esters is 1. The number of hydrogen-bond donors (Lipinski definition) is 2. The summed E-state index contributed by atoms with van der Waals surface area (Å²) < 4.78 is 4.93. The summed E-state index contributed by atoms with van der Waals surface area (Å²) >= 11 is 0. The highest BCUT2D eigenvalue weighted by molar-refractivity contribution is 5.90. The van der Waals surface area contributed by atoms with Gasteiger partial charge in [0.05, 0.1) is 18.1 Å². The second-order valence-electron chi connectivity index (χ2n) is 16.7. The smallest absolute Gasteiger partial charge is 0.337 e. The molecule has 6 rings (SSSR count). The van der Waals surface area contributed by atoms with Crippen molar-refractivity contribution in [1.29, 1.82) is 0 Å². The zero-order valence-electron chi connectivity index (χ0n) is 28.6. The zero-order chi connectivity index (χ0) is 32.6. The van der Waals surface area contributed by atoms with Gasteiger partial charge in [0.25, 0.3) is 0 Å². The largest absolute Gasteiger partial charge is 0.465 e. The Balaban J connectivity index is 1.34. The summed E-state index contributed by atoms with van der Waals surface area (Å²) in [6, 6.07) is 7.98. The Kier molecular flexibility index (Phi) is 7.72. The van der Waals surface area contributed by atoms with Crippen LogP contribution in [0.4, 0.5) is 0 Å². The Hall–Kier alpha value is -2.89. The first-order valence-corrected chi connectivity index (χ1v) is 17.3. The molecule has 0 bridgehead atoms. The Morgan fingerprint density at radius 3 is 2.27 bits per heavy atom. The lowest BCUT2D eigenvalue weighted by atomic mass is 9.32. The first kappa shape index (κ1) is 32.1. The maximum atomic E-state index is 13.8. The maximum Gasteiger partial charge on any atom is 0.337 e. The third-order valence-corrected chi connectivity index (χ3v) is 15.0. The second kappa shape index (κ2) is 10.8. The minimum Gasteiger partial charge on any atom is -0.465 e. The van der Waals surface area contributed by atoms with E-state index in [2.05, 4.69) is 77.2 Å². The van der Waals surface area contributed by atoms with E-state index in [1.165, 1.54) is 43.1 Å². The molecular weight excluding hydrogens is 560 g/mol. The van der Waals surface area contributed by atoms with Crippen LogP contribution in [0.15, 0.2) is 42.5 Å². The fraction of sp³-hybridized carbons (Fsp3) is 0.667. The van der Waals surface area contributed by atoms with E-state index < -0.39 is 5.41 Å². The SMILES string of the molecule is C=C(C)[C@@H]1CC[C@]2(C(=O)NNC=O)CC[C@]3(C)[C@H](CC[C@@H]4[C@@]5(C)CC=C(c6ccc(C(=O)OC)cc6)C(C)(C)[C@@H]5CC[C@]43C)[C@@H]12. The third kappa shape index (κ3) is 4.36. The number of methoxy groups -OCH3 is 1. The topological polar surface area (TPSA) is 84.5 Å². The average molecular weight is 615 g/mol. The van der Waals surface area contributed by atoms with E-state index in [1.54, 1.807) is 0 Å². The number of carbonyl (C=O) groups excluding carboxylic acids is 3. The fourth-order valence-electron chi connectivity index (χ4n) is 12.8. The van der Waals surface area contributed by atoms with Crippen LogP contribution in [0.3, 0.4) is 0 Å². The molecule has 0 saturated heterocycles. The lowest BCUT2D eigenvalue weighted by Gasteiger charge is -2.72. The molecule has 1 aromatic rings. The quantitative estimate of drug-likeness (QED) is 0.148. The Morgan fingerprint density at radius 1 is 0.911 bits per heavy atom. The van der Waals surface area contributed by atoms with Gasteiger partial charge in [-0.15, -0.1) is 0 Å². The molecule has 0 heterocycles. The molecule has 1 aromatic carbocycles. The third-order valence-electron chi connectivity index (χ3n) is 15.0. The number of benzene rings is 1. The molecule has 2 N–H and O–H groups in total. The van der Waals surface area contributed by atoms with Gasteiger partial charge in [0.2, 0.25) is 12.3 Å². The molecule has 0 aromatic heterocycles. The number of allylic oxidation sites excluding steroid dienone is 3. The van der Waals surface area contributed by atoms with Crippen molar-refractivity contribution in [3.05, 3.63) is 53.6 Å². The molecule has 6 nitrogen and oxygen atoms in total. The van der Waals surface area contributed by atoms with Crippen molar-refractivity contribution in [1.82, 2.24) is 10.9 Å². The lowest BCUT2D eigenvalue weighted by molar-refractivity contribution is -0.225. The molecule has 4 saturated carbocycles. The number of hydrogen-bond acceptors (Lipinski definition) is 4. The van der Waals surface area contributed by atoms with Gasteiger partial charge < -0.3 is 4.74 Å². The van der Waals surface area contributed by atoms with Gasteiger partial charge in [-0.1, -0.05) is 65.0 Å². The summed E-state index contributed by atoms with van der Waals surface area (Å²) in [5, 5.41) is 0. The Labute approximate surface area is 270 Å². The van der Waals surface area contributed by atoms with Crippen LogP contribution in [0.2, 0.25) is 0 Å². The minimum atomic E-state index is -0.442. The van der Waals surface area contributed by atoms with Crippen LogP contribution < -0.4 is 10.9 Å². The van der Waals surface area contributed by atoms with Crippen LogP contribution in [0.1, 0.15) is 115 Å². The van der Waals surface area contributed by atoms with E-state index in [-0.39, 0.29) is 39.5 Å². The van der Waals surface area contributed by atoms with Gasteiger partial charge in [0.1, 0.15) is 0 Å². The molecule has 0 spiro atoms. The van der Waals surface area contributed by atoms with Crippen LogP contribution in [-0.4, -0.2) is 25.4 Å². The average Bonchev–Trinajstić information content (AvgIpc) is 3.41. The number of rotatable bonds is 6. The number of fused-ring (bicyclic) bond motifs is 7. The van der Waals surface area contributed by atoms with Gasteiger partial charge in [-0.3, -0.25) is 20.4 Å². The Morgan fingerprint density at radius 2 is 1.62 bits per heavy atom. The van der Waals surface area contributed by atoms with Crippen molar-refractivity contribution in [2.24, 2.45) is 56.7 Å². The first-order chi connectivity index (χ1) is 21.2. The van der Waals surface area contributed by atoms with E-state index in [0.717, 1.165) is 38.5 Å². The van der Waals surface area contributed by atoms with Crippen molar-refractivity contribution in [2.75, 3.05) is 7.11 Å². The number of hydrazine groups is 1. The van der Waals surface area contributed by atoms with Gasteiger partial charge >= 0.3 is 5.97 Å². The highest BCUT2D eigenvalue weighted by atomic mass is 16.5. The van der Waals surface area contributed by atoms with Crippen molar-refractivity contribution >= 4 is 23.9 Å². The van der Waals surface area contributed by atoms with E-state index in [1.807, 2.05) is 12.1 Å². The number of carbonyl (C=O) groups is 3. The predicted octanol–water partition coefficient (Wildman–Crippen LogP) is 7.90. The second-order valence-corrected chi connectivity index (χ2v) is 16.7. The van der Waals surface area contributed by atoms with E-state index in [9.17, 15) is 14.4 Å². The minimum absolute atomic E-state index is 0.000313. The van der Waals surface area contributed by atoms with Gasteiger partial charge in [0.15, 0.2) is 0 Å². The fourth-order valence-corrected chi connectivity index (χ4v) is 12.8. The molecule has 45 heavy (non-hydrogen) atoms. The maximum absolute atomic E-state index is 13.8. The summed E-state index contributed by atoms with van der Waals surface area (Å²) in [7, 11) is 1.43. The summed E-state index contributed by atoms with van der Waals surface area (Å²) in [5.74, 6) is 1.91. The Bertz CT molecular complexity index is 1430. The van der Waals surface area contributed by atoms with Crippen molar-refractivity contribution in [2.45, 2.75) is 99.3 Å². The molecule has 244 valence electrons. The molecule has 4 fully saturated rings. The van der Waals surface area contributed by atoms with Gasteiger partial charge in [-0.25, -0.2) is 4.79 Å². The van der Waals surface area contributed by atoms with E-state index >= 15 is 0 Å². The summed E-state index contributed by atoms with van der Waals surface area (Å²) in [4.78, 5) is 37.0. The van der Waals surface area contributed by atoms with Crippen LogP contribution in [0.25, 0.3) is 5.57 Å². The van der Waals surface area contributed by atoms with Crippen LogP contribution in [0.5, 0.6) is 0 Å². The van der Waals surface area contributed by atoms with Gasteiger partial charge in [0, 0.05) is 0 Å². The van der Waals surface area contributed by atoms with Crippen molar-refractivity contribution in [3.63, 3.8) is 0 Å². The molecule has 6 heteroatoms. The van der Waals surface area contributed by atoms with Gasteiger partial charge in [-0.2, -0.15) is 0 Å². The standard InChI is InChI=1S/C39H54N2O4/c1-24(2)27-15-20-39(34(44)41-40-23-42)22-21-37(6)29(32(27)39)13-14-31-36(5)18-16-28(25-9-11-26(12-10-25)33(43)45-8)35(3,4)30(36)17-19-38(31,37)7/h9-12,16,23,27,29-32H,1,13-15,17-22H2,2-8H3,(H,40,42)(H,41,44)/t27-,29+,30-,31+,32+,36-,37+,38+,39-/m0/s1. The highest BCUT2D eigenvalue weighted by Crippen LogP contribution is 2.77. The monoisotopic (exact) mass is 614 g/mol. The molecule has 2 amide bonds. The predicted molar refractivity (Wildman–Crippen MR) is 177 cm³/mol. The molecule has 5 aliphatic carbocycles. The number of amides is 2. The molecular formula is C39H54N2O4. The molecule has 0 unspecified atom stereocenters. The van der Waals surface area contributed by atoms with E-state index in [0.29, 0.717) is 35.6 Å². The van der Waals surface area contributed by atoms with E-state index in [4.69, 9.17) is 4.74 Å². The van der Waals surface area contributed by atoms with Crippen LogP contribution >= 0.6 is 0 Å². The lowest BCUT2D eigenvalue weighted by Crippen LogP contribution is -2.66. The summed E-state index contributed by atoms with van der Waals surface area (Å²) in [6.07, 6.45) is 12.7. The van der Waals surface area contributed by atoms with Crippen molar-refractivity contribution < 1.29 is 19.1 Å².